The maximum Gasteiger partial charge on any atom is 0.241 e. The first kappa shape index (κ1) is 16.3. The van der Waals surface area contributed by atoms with Crippen LogP contribution in [-0.2, 0) is 9.53 Å². The molecule has 6 heteroatoms. The molecule has 0 spiro atoms. The number of rotatable bonds is 6. The molecule has 1 unspecified atom stereocenters. The summed E-state index contributed by atoms with van der Waals surface area (Å²) in [7, 11) is 3.39. The van der Waals surface area contributed by atoms with Gasteiger partial charge in [0.05, 0.1) is 24.9 Å². The zero-order valence-corrected chi connectivity index (χ0v) is 13.3. The zero-order chi connectivity index (χ0) is 15.2. The van der Waals surface area contributed by atoms with Crippen LogP contribution in [0.25, 0.3) is 0 Å². The van der Waals surface area contributed by atoms with Gasteiger partial charge >= 0.3 is 0 Å². The molecule has 0 aromatic heterocycles. The summed E-state index contributed by atoms with van der Waals surface area (Å²) < 4.78 is 4.90. The average Bonchev–Trinajstić information content (AvgIpc) is 2.46. The lowest BCUT2D eigenvalue weighted by Gasteiger charge is -2.30. The number of anilines is 1. The minimum Gasteiger partial charge on any atom is -0.389 e. The van der Waals surface area contributed by atoms with E-state index in [0.29, 0.717) is 13.1 Å². The molecule has 0 saturated carbocycles. The molecule has 5 nitrogen and oxygen atoms in total. The fraction of sp³-hybridized carbons (Fsp3) is 0.533. The van der Waals surface area contributed by atoms with Crippen molar-refractivity contribution < 1.29 is 14.6 Å². The van der Waals surface area contributed by atoms with E-state index in [1.54, 1.807) is 18.9 Å². The number of aliphatic hydroxyl groups is 1. The average molecular weight is 310 g/mol. The fourth-order valence-electron chi connectivity index (χ4n) is 2.41. The van der Waals surface area contributed by atoms with Gasteiger partial charge in [-0.25, -0.2) is 0 Å². The van der Waals surface area contributed by atoms with E-state index in [9.17, 15) is 9.90 Å². The fourth-order valence-corrected chi connectivity index (χ4v) is 3.41. The van der Waals surface area contributed by atoms with Gasteiger partial charge in [0.1, 0.15) is 0 Å². The number of nitrogens with zero attached hydrogens (tertiary/aromatic N) is 2. The Balaban J connectivity index is 1.95. The Hall–Kier alpha value is -1.08. The summed E-state index contributed by atoms with van der Waals surface area (Å²) in [6.07, 6.45) is -0.572. The third kappa shape index (κ3) is 4.44. The van der Waals surface area contributed by atoms with Gasteiger partial charge in [0.15, 0.2) is 0 Å². The minimum absolute atomic E-state index is 0.0647. The number of carbonyl (C=O) groups is 1. The van der Waals surface area contributed by atoms with Gasteiger partial charge < -0.3 is 14.7 Å². The lowest BCUT2D eigenvalue weighted by atomic mass is 10.2. The van der Waals surface area contributed by atoms with Crippen molar-refractivity contribution in [2.75, 3.05) is 51.1 Å². The van der Waals surface area contributed by atoms with Gasteiger partial charge in [0.2, 0.25) is 5.91 Å². The van der Waals surface area contributed by atoms with Crippen LogP contribution in [0.15, 0.2) is 29.2 Å². The highest BCUT2D eigenvalue weighted by Crippen LogP contribution is 2.34. The van der Waals surface area contributed by atoms with Gasteiger partial charge in [-0.1, -0.05) is 12.1 Å². The Morgan fingerprint density at radius 2 is 2.29 bits per heavy atom. The molecule has 1 amide bonds. The third-order valence-electron chi connectivity index (χ3n) is 3.32. The molecule has 2 rings (SSSR count). The second-order valence-electron chi connectivity index (χ2n) is 5.17. The standard InChI is InChI=1S/C15H22N2O3S/c1-16(9-12(18)11-20-2)10-15(19)17-7-8-21-14-6-4-3-5-13(14)17/h3-6,12,18H,7-11H2,1-2H3. The van der Waals surface area contributed by atoms with Crippen molar-refractivity contribution in [2.24, 2.45) is 0 Å². The van der Waals surface area contributed by atoms with Crippen molar-refractivity contribution in [3.8, 4) is 0 Å². The van der Waals surface area contributed by atoms with Crippen LogP contribution in [0.3, 0.4) is 0 Å². The first-order valence-corrected chi connectivity index (χ1v) is 7.98. The largest absolute Gasteiger partial charge is 0.389 e. The second kappa shape index (κ2) is 7.79. The number of benzene rings is 1. The monoisotopic (exact) mass is 310 g/mol. The summed E-state index contributed by atoms with van der Waals surface area (Å²) >= 11 is 1.78. The van der Waals surface area contributed by atoms with Crippen LogP contribution in [-0.4, -0.2) is 68.2 Å². The Bertz CT molecular complexity index is 484. The van der Waals surface area contributed by atoms with Gasteiger partial charge in [0, 0.05) is 30.8 Å². The van der Waals surface area contributed by atoms with Crippen LogP contribution in [0.2, 0.25) is 0 Å². The van der Waals surface area contributed by atoms with E-state index in [4.69, 9.17) is 4.74 Å². The molecule has 0 saturated heterocycles. The molecule has 0 radical (unpaired) electrons. The summed E-state index contributed by atoms with van der Waals surface area (Å²) in [4.78, 5) is 17.3. The van der Waals surface area contributed by atoms with E-state index in [0.717, 1.165) is 22.9 Å². The number of fused-ring (bicyclic) bond motifs is 1. The molecule has 1 aliphatic heterocycles. The van der Waals surface area contributed by atoms with Crippen LogP contribution < -0.4 is 4.90 Å². The molecule has 0 aliphatic carbocycles. The van der Waals surface area contributed by atoms with Crippen molar-refractivity contribution in [2.45, 2.75) is 11.0 Å². The van der Waals surface area contributed by atoms with Crippen LogP contribution in [0.4, 0.5) is 5.69 Å². The maximum absolute atomic E-state index is 12.5. The molecule has 0 bridgehead atoms. The molecule has 1 aromatic carbocycles. The highest BCUT2D eigenvalue weighted by molar-refractivity contribution is 7.99. The number of likely N-dealkylation sites (N-methyl/N-ethyl adjacent to an activating group) is 1. The van der Waals surface area contributed by atoms with Crippen molar-refractivity contribution in [3.05, 3.63) is 24.3 Å². The van der Waals surface area contributed by atoms with Gasteiger partial charge in [-0.05, 0) is 19.2 Å². The van der Waals surface area contributed by atoms with Crippen LogP contribution in [0.5, 0.6) is 0 Å². The van der Waals surface area contributed by atoms with E-state index in [1.807, 2.05) is 41.1 Å². The van der Waals surface area contributed by atoms with Crippen molar-refractivity contribution >= 4 is 23.4 Å². The lowest BCUT2D eigenvalue weighted by Crippen LogP contribution is -2.43. The van der Waals surface area contributed by atoms with Crippen LogP contribution >= 0.6 is 11.8 Å². The third-order valence-corrected chi connectivity index (χ3v) is 4.36. The number of thioether (sulfide) groups is 1. The number of carbonyl (C=O) groups excluding carboxylic acids is 1. The first-order valence-electron chi connectivity index (χ1n) is 6.99. The van der Waals surface area contributed by atoms with Gasteiger partial charge in [-0.15, -0.1) is 11.8 Å². The topological polar surface area (TPSA) is 53.0 Å². The molecule has 1 aliphatic rings. The van der Waals surface area contributed by atoms with Gasteiger partial charge in [0.25, 0.3) is 0 Å². The first-order chi connectivity index (χ1) is 10.1. The molecule has 1 heterocycles. The Labute approximate surface area is 129 Å². The Morgan fingerprint density at radius 3 is 3.05 bits per heavy atom. The quantitative estimate of drug-likeness (QED) is 0.852. The number of ether oxygens (including phenoxy) is 1. The SMILES string of the molecule is COCC(O)CN(C)CC(=O)N1CCSc2ccccc21. The summed E-state index contributed by atoms with van der Waals surface area (Å²) in [5.41, 5.74) is 0.990. The molecule has 21 heavy (non-hydrogen) atoms. The van der Waals surface area contributed by atoms with Crippen molar-refractivity contribution in [1.82, 2.24) is 4.90 Å². The minimum atomic E-state index is -0.572. The summed E-state index contributed by atoms with van der Waals surface area (Å²) in [6, 6.07) is 7.98. The molecular formula is C15H22N2O3S. The molecule has 116 valence electrons. The predicted octanol–water partition coefficient (Wildman–Crippen LogP) is 1.06. The molecule has 1 N–H and O–H groups in total. The smallest absolute Gasteiger partial charge is 0.241 e. The van der Waals surface area contributed by atoms with Crippen LogP contribution in [0.1, 0.15) is 0 Å². The number of para-hydroxylation sites is 1. The van der Waals surface area contributed by atoms with E-state index in [2.05, 4.69) is 0 Å². The van der Waals surface area contributed by atoms with E-state index in [-0.39, 0.29) is 12.5 Å². The predicted molar refractivity (Wildman–Crippen MR) is 84.9 cm³/mol. The molecular weight excluding hydrogens is 288 g/mol. The van der Waals surface area contributed by atoms with Crippen molar-refractivity contribution in [3.63, 3.8) is 0 Å². The van der Waals surface area contributed by atoms with E-state index in [1.165, 1.54) is 0 Å². The maximum atomic E-state index is 12.5. The number of methoxy groups -OCH3 is 1. The second-order valence-corrected chi connectivity index (χ2v) is 6.30. The molecule has 1 atom stereocenters. The van der Waals surface area contributed by atoms with E-state index >= 15 is 0 Å². The van der Waals surface area contributed by atoms with Gasteiger partial charge in [-0.3, -0.25) is 9.69 Å². The number of aliphatic hydroxyl groups excluding tert-OH is 1. The summed E-state index contributed by atoms with van der Waals surface area (Å²) in [5, 5.41) is 9.71. The number of hydrogen-bond acceptors (Lipinski definition) is 5. The molecule has 0 fully saturated rings. The van der Waals surface area contributed by atoms with Gasteiger partial charge in [-0.2, -0.15) is 0 Å². The normalized spacial score (nSPS) is 15.9. The number of amides is 1. The summed E-state index contributed by atoms with van der Waals surface area (Å²) in [5.74, 6) is 0.980. The van der Waals surface area contributed by atoms with Crippen LogP contribution in [0, 0.1) is 0 Å². The van der Waals surface area contributed by atoms with Crippen molar-refractivity contribution in [1.29, 1.82) is 0 Å². The highest BCUT2D eigenvalue weighted by Gasteiger charge is 2.23. The summed E-state index contributed by atoms with van der Waals surface area (Å²) in [6.45, 7) is 1.72. The molecule has 1 aromatic rings. The highest BCUT2D eigenvalue weighted by atomic mass is 32.2. The Kier molecular flexibility index (Phi) is 6.05. The Morgan fingerprint density at radius 1 is 1.52 bits per heavy atom. The zero-order valence-electron chi connectivity index (χ0n) is 12.5. The lowest BCUT2D eigenvalue weighted by molar-refractivity contribution is -0.119. The van der Waals surface area contributed by atoms with E-state index < -0.39 is 6.10 Å². The number of hydrogen-bond donors (Lipinski definition) is 1.